The molecule has 1 N–H and O–H groups in total. The van der Waals surface area contributed by atoms with Crippen LogP contribution in [0.4, 0.5) is 23.2 Å². The number of nitrogens with zero attached hydrogens (tertiary/aromatic N) is 6. The van der Waals surface area contributed by atoms with E-state index < -0.39 is 34.8 Å². The number of methoxy groups -OCH3 is 1. The Hall–Kier alpha value is -3.28. The van der Waals surface area contributed by atoms with Gasteiger partial charge in [0.1, 0.15) is 11.7 Å². The molecular weight excluding hydrogens is 774 g/mol. The first-order valence-electron chi connectivity index (χ1n) is 19.0. The number of hydrogen-bond acceptors (Lipinski definition) is 9. The number of piperazine rings is 2. The van der Waals surface area contributed by atoms with Crippen LogP contribution in [0.25, 0.3) is 0 Å². The summed E-state index contributed by atoms with van der Waals surface area (Å²) in [5.74, 6) is -2.11. The summed E-state index contributed by atoms with van der Waals surface area (Å²) in [4.78, 5) is 54.0. The lowest BCUT2D eigenvalue weighted by molar-refractivity contribution is -0.144. The van der Waals surface area contributed by atoms with Crippen molar-refractivity contribution in [3.8, 4) is 0 Å². The Morgan fingerprint density at radius 3 is 2.30 bits per heavy atom. The molecule has 0 saturated carbocycles. The number of nitrogens with one attached hydrogen (secondary N) is 1. The van der Waals surface area contributed by atoms with Gasteiger partial charge in [0.05, 0.1) is 12.2 Å². The van der Waals surface area contributed by atoms with Crippen molar-refractivity contribution in [3.63, 3.8) is 0 Å². The van der Waals surface area contributed by atoms with Crippen LogP contribution >= 0.6 is 23.4 Å². The van der Waals surface area contributed by atoms with E-state index in [4.69, 9.17) is 16.3 Å². The summed E-state index contributed by atoms with van der Waals surface area (Å²) in [5, 5.41) is 2.67. The van der Waals surface area contributed by atoms with Crippen molar-refractivity contribution in [2.45, 2.75) is 43.8 Å². The number of pyridine rings is 1. The number of hydrogen-bond donors (Lipinski definition) is 1. The summed E-state index contributed by atoms with van der Waals surface area (Å²) in [5.41, 5.74) is -4.80. The standard InChI is InChI=1S/C39H52ClF4N7O4S/c1-5-7-33(41)38(3,55-4)51-20-18-49(19-21-51)35(53)26-48-16-14-47(15-17-48)25-28-10-12-50(13-11-28)37(54)36-31(46-34(52)23-40)22-29(24-45-36)30-8-6-9-32(27(30)2)56-39(42,43)44/h5-9,22,24,27-28,30H,1,10-21,23,25-26H2,2-4H3,(H,46,52)/b33-7+. The Morgan fingerprint density at radius 2 is 1.70 bits per heavy atom. The third-order valence-electron chi connectivity index (χ3n) is 11.3. The van der Waals surface area contributed by atoms with Crippen molar-refractivity contribution in [1.29, 1.82) is 0 Å². The molecule has 4 aliphatic rings. The predicted molar refractivity (Wildman–Crippen MR) is 211 cm³/mol. The van der Waals surface area contributed by atoms with Gasteiger partial charge in [0.15, 0.2) is 11.4 Å². The minimum absolute atomic E-state index is 0.0640. The number of alkyl halides is 4. The molecule has 0 aromatic carbocycles. The summed E-state index contributed by atoms with van der Waals surface area (Å²) < 4.78 is 59.8. The Morgan fingerprint density at radius 1 is 1.04 bits per heavy atom. The van der Waals surface area contributed by atoms with Crippen molar-refractivity contribution in [2.75, 3.05) is 96.8 Å². The quantitative estimate of drug-likeness (QED) is 0.153. The first kappa shape index (κ1) is 43.8. The lowest BCUT2D eigenvalue weighted by atomic mass is 9.84. The van der Waals surface area contributed by atoms with E-state index in [1.54, 1.807) is 37.0 Å². The van der Waals surface area contributed by atoms with Crippen LogP contribution in [0, 0.1) is 11.8 Å². The van der Waals surface area contributed by atoms with Crippen LogP contribution in [-0.2, 0) is 14.3 Å². The number of ether oxygens (including phenoxy) is 1. The van der Waals surface area contributed by atoms with Gasteiger partial charge in [-0.3, -0.25) is 24.2 Å². The van der Waals surface area contributed by atoms with E-state index in [9.17, 15) is 31.9 Å². The first-order valence-corrected chi connectivity index (χ1v) is 20.3. The van der Waals surface area contributed by atoms with Crippen molar-refractivity contribution in [3.05, 3.63) is 71.2 Å². The van der Waals surface area contributed by atoms with Crippen LogP contribution in [-0.4, -0.2) is 150 Å². The number of aromatic nitrogens is 1. The molecule has 1 aromatic rings. The van der Waals surface area contributed by atoms with Gasteiger partial charge in [-0.05, 0) is 66.0 Å². The Bertz CT molecular complexity index is 1670. The number of anilines is 1. The highest BCUT2D eigenvalue weighted by Gasteiger charge is 2.39. The Kier molecular flexibility index (Phi) is 15.2. The van der Waals surface area contributed by atoms with E-state index in [0.29, 0.717) is 57.3 Å². The van der Waals surface area contributed by atoms with E-state index >= 15 is 0 Å². The second-order valence-corrected chi connectivity index (χ2v) is 16.2. The van der Waals surface area contributed by atoms with Gasteiger partial charge >= 0.3 is 5.51 Å². The molecule has 3 atom stereocenters. The number of allylic oxidation sites excluding steroid dienone is 6. The molecule has 56 heavy (non-hydrogen) atoms. The van der Waals surface area contributed by atoms with Crippen LogP contribution in [0.3, 0.4) is 0 Å². The first-order chi connectivity index (χ1) is 26.6. The minimum atomic E-state index is -4.42. The highest BCUT2D eigenvalue weighted by molar-refractivity contribution is 8.03. The van der Waals surface area contributed by atoms with Crippen molar-refractivity contribution in [1.82, 2.24) is 29.5 Å². The van der Waals surface area contributed by atoms with Gasteiger partial charge < -0.3 is 24.8 Å². The maximum atomic E-state index is 14.7. The molecule has 5 rings (SSSR count). The van der Waals surface area contributed by atoms with Crippen molar-refractivity contribution >= 4 is 46.8 Å². The zero-order chi connectivity index (χ0) is 40.6. The van der Waals surface area contributed by atoms with Crippen LogP contribution in [0.15, 0.2) is 60.0 Å². The molecule has 0 bridgehead atoms. The summed E-state index contributed by atoms with van der Waals surface area (Å²) in [7, 11) is 1.47. The summed E-state index contributed by atoms with van der Waals surface area (Å²) in [6.45, 7) is 14.4. The maximum Gasteiger partial charge on any atom is 0.446 e. The second-order valence-electron chi connectivity index (χ2n) is 14.8. The molecule has 3 saturated heterocycles. The average molecular weight is 826 g/mol. The molecule has 0 spiro atoms. The number of rotatable bonds is 13. The second kappa shape index (κ2) is 19.4. The van der Waals surface area contributed by atoms with E-state index in [-0.39, 0.29) is 45.7 Å². The molecular formula is C39H52ClF4N7O4S. The number of piperidine rings is 1. The smallest absolute Gasteiger partial charge is 0.357 e. The molecule has 3 aliphatic heterocycles. The molecule has 308 valence electrons. The molecule has 0 radical (unpaired) electrons. The fourth-order valence-electron chi connectivity index (χ4n) is 7.81. The number of carbonyl (C=O) groups excluding carboxylic acids is 3. The fraction of sp³-hybridized carbons (Fsp3) is 0.590. The lowest BCUT2D eigenvalue weighted by Gasteiger charge is -2.44. The molecule has 3 unspecified atom stereocenters. The summed E-state index contributed by atoms with van der Waals surface area (Å²) in [6.07, 6.45) is 10.6. The van der Waals surface area contributed by atoms with Gasteiger partial charge in [-0.15, -0.1) is 11.6 Å². The van der Waals surface area contributed by atoms with Gasteiger partial charge in [0.25, 0.3) is 5.91 Å². The number of thioether (sulfide) groups is 1. The topological polar surface area (TPSA) is 102 Å². The van der Waals surface area contributed by atoms with E-state index in [0.717, 1.165) is 45.6 Å². The Labute approximate surface area is 335 Å². The number of halogens is 5. The normalized spacial score (nSPS) is 23.4. The van der Waals surface area contributed by atoms with Crippen LogP contribution in [0.5, 0.6) is 0 Å². The average Bonchev–Trinajstić information content (AvgIpc) is 3.18. The van der Waals surface area contributed by atoms with Gasteiger partial charge in [0, 0.05) is 91.2 Å². The predicted octanol–water partition coefficient (Wildman–Crippen LogP) is 5.70. The van der Waals surface area contributed by atoms with Gasteiger partial charge in [-0.25, -0.2) is 9.37 Å². The molecule has 4 heterocycles. The molecule has 3 fully saturated rings. The molecule has 1 aromatic heterocycles. The summed E-state index contributed by atoms with van der Waals surface area (Å²) in [6, 6.07) is 1.61. The minimum Gasteiger partial charge on any atom is -0.357 e. The number of likely N-dealkylation sites (tertiary alicyclic amines) is 1. The molecule has 11 nitrogen and oxygen atoms in total. The summed E-state index contributed by atoms with van der Waals surface area (Å²) >= 11 is 5.63. The highest BCUT2D eigenvalue weighted by atomic mass is 35.5. The largest absolute Gasteiger partial charge is 0.446 e. The fourth-order valence-corrected chi connectivity index (χ4v) is 8.62. The van der Waals surface area contributed by atoms with Crippen LogP contribution in [0.2, 0.25) is 0 Å². The lowest BCUT2D eigenvalue weighted by Crippen LogP contribution is -2.59. The van der Waals surface area contributed by atoms with E-state index in [1.807, 2.05) is 9.80 Å². The number of carbonyl (C=O) groups is 3. The maximum absolute atomic E-state index is 14.7. The van der Waals surface area contributed by atoms with Gasteiger partial charge in [-0.2, -0.15) is 13.2 Å². The van der Waals surface area contributed by atoms with E-state index in [1.165, 1.54) is 31.5 Å². The highest BCUT2D eigenvalue weighted by Crippen LogP contribution is 2.46. The number of amides is 3. The third kappa shape index (κ3) is 11.0. The zero-order valence-corrected chi connectivity index (χ0v) is 33.8. The van der Waals surface area contributed by atoms with E-state index in [2.05, 4.69) is 26.7 Å². The monoisotopic (exact) mass is 825 g/mol. The molecule has 17 heteroatoms. The van der Waals surface area contributed by atoms with Crippen LogP contribution in [0.1, 0.15) is 48.7 Å². The SMILES string of the molecule is C=C/C=C(/F)C(C)(OC)N1CCN(C(=O)CN2CCN(CC3CCN(C(=O)c4ncc(C5C=CC=C(SC(F)(F)F)C5C)cc4NC(=O)CCl)CC3)CC2)CC1. The van der Waals surface area contributed by atoms with Crippen LogP contribution < -0.4 is 5.32 Å². The van der Waals surface area contributed by atoms with Crippen molar-refractivity contribution < 1.29 is 36.7 Å². The Balaban J connectivity index is 1.08. The van der Waals surface area contributed by atoms with Gasteiger partial charge in [-0.1, -0.05) is 37.8 Å². The van der Waals surface area contributed by atoms with Crippen molar-refractivity contribution in [2.24, 2.45) is 11.8 Å². The molecule has 3 amide bonds. The zero-order valence-electron chi connectivity index (χ0n) is 32.2. The van der Waals surface area contributed by atoms with Gasteiger partial charge in [0.2, 0.25) is 11.8 Å². The third-order valence-corrected chi connectivity index (χ3v) is 12.5. The molecule has 1 aliphatic carbocycles.